The van der Waals surface area contributed by atoms with Crippen LogP contribution in [0.2, 0.25) is 0 Å². The van der Waals surface area contributed by atoms with Crippen LogP contribution in [0.1, 0.15) is 32.4 Å². The third-order valence-electron chi connectivity index (χ3n) is 4.61. The molecule has 0 spiro atoms. The van der Waals surface area contributed by atoms with Crippen LogP contribution in [-0.2, 0) is 14.3 Å². The van der Waals surface area contributed by atoms with Gasteiger partial charge in [0.2, 0.25) is 5.91 Å². The first kappa shape index (κ1) is 21.0. The highest BCUT2D eigenvalue weighted by Gasteiger charge is 2.46. The molecule has 0 aliphatic carbocycles. The Kier molecular flexibility index (Phi) is 6.32. The summed E-state index contributed by atoms with van der Waals surface area (Å²) in [5, 5.41) is 0.301. The van der Waals surface area contributed by atoms with Crippen LogP contribution in [0.5, 0.6) is 11.5 Å². The second-order valence-electron chi connectivity index (χ2n) is 6.49. The van der Waals surface area contributed by atoms with Gasteiger partial charge >= 0.3 is 5.97 Å². The third kappa shape index (κ3) is 3.89. The largest absolute Gasteiger partial charge is 0.493 e. The summed E-state index contributed by atoms with van der Waals surface area (Å²) in [5.74, 6) is 0.487. The van der Waals surface area contributed by atoms with Crippen LogP contribution in [-0.4, -0.2) is 47.5 Å². The molecule has 2 aliphatic rings. The van der Waals surface area contributed by atoms with Crippen LogP contribution < -0.4 is 9.47 Å². The molecule has 8 heteroatoms. The first-order valence-electron chi connectivity index (χ1n) is 9.30. The molecule has 1 amide bonds. The van der Waals surface area contributed by atoms with Crippen molar-refractivity contribution in [3.8, 4) is 11.5 Å². The lowest BCUT2D eigenvalue weighted by Gasteiger charge is -2.33. The zero-order valence-corrected chi connectivity index (χ0v) is 17.7. The maximum Gasteiger partial charge on any atom is 0.338 e. The van der Waals surface area contributed by atoms with Crippen LogP contribution in [0.25, 0.3) is 0 Å². The fraction of sp³-hybridized carbons (Fsp3) is 0.381. The SMILES string of the molecule is C=CCOC(=O)C1=C(C)N=C2SC(C)C(=O)N2C1c1ccc(OCC)c(OC)c1. The van der Waals surface area contributed by atoms with E-state index in [0.29, 0.717) is 40.1 Å². The number of amides is 1. The third-order valence-corrected chi connectivity index (χ3v) is 5.67. The molecular formula is C21H24N2O5S. The molecule has 1 fully saturated rings. The van der Waals surface area contributed by atoms with Gasteiger partial charge in [0.25, 0.3) is 0 Å². The number of aliphatic imine (C=N–C) groups is 1. The quantitative estimate of drug-likeness (QED) is 0.500. The average molecular weight is 416 g/mol. The molecule has 7 nitrogen and oxygen atoms in total. The summed E-state index contributed by atoms with van der Waals surface area (Å²) in [6.45, 7) is 9.61. The van der Waals surface area contributed by atoms with Gasteiger partial charge in [0, 0.05) is 0 Å². The lowest BCUT2D eigenvalue weighted by Crippen LogP contribution is -2.40. The van der Waals surface area contributed by atoms with E-state index in [9.17, 15) is 9.59 Å². The highest BCUT2D eigenvalue weighted by atomic mass is 32.2. The average Bonchev–Trinajstić information content (AvgIpc) is 2.98. The normalized spacial score (nSPS) is 20.9. The van der Waals surface area contributed by atoms with Gasteiger partial charge < -0.3 is 14.2 Å². The van der Waals surface area contributed by atoms with Gasteiger partial charge in [-0.15, -0.1) is 0 Å². The molecule has 2 aliphatic heterocycles. The maximum atomic E-state index is 12.9. The Hall–Kier alpha value is -2.74. The number of allylic oxidation sites excluding steroid dienone is 1. The van der Waals surface area contributed by atoms with Gasteiger partial charge in [-0.25, -0.2) is 9.79 Å². The molecule has 0 N–H and O–H groups in total. The van der Waals surface area contributed by atoms with Gasteiger partial charge in [0.15, 0.2) is 16.7 Å². The minimum absolute atomic E-state index is 0.0740. The number of carbonyl (C=O) groups excluding carboxylic acids is 2. The summed E-state index contributed by atoms with van der Waals surface area (Å²) in [6.07, 6.45) is 1.50. The van der Waals surface area contributed by atoms with Crippen molar-refractivity contribution in [2.24, 2.45) is 4.99 Å². The molecule has 0 saturated carbocycles. The number of hydrogen-bond donors (Lipinski definition) is 0. The minimum Gasteiger partial charge on any atom is -0.493 e. The zero-order chi connectivity index (χ0) is 21.1. The molecule has 1 aromatic carbocycles. The fourth-order valence-corrected chi connectivity index (χ4v) is 4.35. The Balaban J connectivity index is 2.12. The molecule has 29 heavy (non-hydrogen) atoms. The zero-order valence-electron chi connectivity index (χ0n) is 16.9. The number of ether oxygens (including phenoxy) is 3. The summed E-state index contributed by atoms with van der Waals surface area (Å²) >= 11 is 1.38. The van der Waals surface area contributed by atoms with E-state index in [4.69, 9.17) is 14.2 Å². The highest BCUT2D eigenvalue weighted by Crippen LogP contribution is 2.44. The van der Waals surface area contributed by atoms with Crippen LogP contribution in [0.15, 0.2) is 47.1 Å². The number of fused-ring (bicyclic) bond motifs is 1. The molecule has 0 bridgehead atoms. The molecule has 2 atom stereocenters. The molecule has 154 valence electrons. The highest BCUT2D eigenvalue weighted by molar-refractivity contribution is 8.15. The molecule has 0 aromatic heterocycles. The molecule has 0 radical (unpaired) electrons. The van der Waals surface area contributed by atoms with E-state index in [2.05, 4.69) is 11.6 Å². The van der Waals surface area contributed by atoms with Crippen LogP contribution in [0, 0.1) is 0 Å². The number of nitrogens with zero attached hydrogens (tertiary/aromatic N) is 2. The van der Waals surface area contributed by atoms with Crippen molar-refractivity contribution in [2.75, 3.05) is 20.3 Å². The Morgan fingerprint density at radius 1 is 1.38 bits per heavy atom. The van der Waals surface area contributed by atoms with Crippen molar-refractivity contribution < 1.29 is 23.8 Å². The number of thioether (sulfide) groups is 1. The van der Waals surface area contributed by atoms with E-state index in [-0.39, 0.29) is 17.8 Å². The number of amidine groups is 1. The van der Waals surface area contributed by atoms with Crippen molar-refractivity contribution in [3.63, 3.8) is 0 Å². The Labute approximate surface area is 174 Å². The van der Waals surface area contributed by atoms with E-state index >= 15 is 0 Å². The van der Waals surface area contributed by atoms with Gasteiger partial charge in [0.05, 0.1) is 36.3 Å². The van der Waals surface area contributed by atoms with Crippen LogP contribution >= 0.6 is 11.8 Å². The predicted molar refractivity (Wildman–Crippen MR) is 112 cm³/mol. The van der Waals surface area contributed by atoms with Gasteiger partial charge in [-0.3, -0.25) is 9.69 Å². The summed E-state index contributed by atoms with van der Waals surface area (Å²) in [7, 11) is 1.55. The predicted octanol–water partition coefficient (Wildman–Crippen LogP) is 3.47. The van der Waals surface area contributed by atoms with Crippen molar-refractivity contribution in [2.45, 2.75) is 32.1 Å². The summed E-state index contributed by atoms with van der Waals surface area (Å²) in [6, 6.07) is 4.74. The smallest absolute Gasteiger partial charge is 0.338 e. The maximum absolute atomic E-state index is 12.9. The first-order valence-corrected chi connectivity index (χ1v) is 10.2. The van der Waals surface area contributed by atoms with Crippen molar-refractivity contribution >= 4 is 28.8 Å². The van der Waals surface area contributed by atoms with E-state index in [0.717, 1.165) is 0 Å². The minimum atomic E-state index is -0.658. The van der Waals surface area contributed by atoms with Crippen LogP contribution in [0.3, 0.4) is 0 Å². The summed E-state index contributed by atoms with van der Waals surface area (Å²) in [4.78, 5) is 31.8. The van der Waals surface area contributed by atoms with Crippen molar-refractivity contribution in [1.82, 2.24) is 4.90 Å². The molecule has 1 saturated heterocycles. The molecule has 2 heterocycles. The topological polar surface area (TPSA) is 77.4 Å². The van der Waals surface area contributed by atoms with Gasteiger partial charge in [-0.1, -0.05) is 30.5 Å². The van der Waals surface area contributed by atoms with Gasteiger partial charge in [-0.05, 0) is 38.5 Å². The Morgan fingerprint density at radius 3 is 2.79 bits per heavy atom. The number of esters is 1. The number of carbonyl (C=O) groups is 2. The molecule has 2 unspecified atom stereocenters. The lowest BCUT2D eigenvalue weighted by atomic mass is 9.94. The van der Waals surface area contributed by atoms with Gasteiger partial charge in [-0.2, -0.15) is 0 Å². The Morgan fingerprint density at radius 2 is 2.14 bits per heavy atom. The monoisotopic (exact) mass is 416 g/mol. The van der Waals surface area contributed by atoms with E-state index in [1.165, 1.54) is 17.8 Å². The second-order valence-corrected chi connectivity index (χ2v) is 7.80. The van der Waals surface area contributed by atoms with Crippen molar-refractivity contribution in [1.29, 1.82) is 0 Å². The first-order chi connectivity index (χ1) is 13.9. The van der Waals surface area contributed by atoms with E-state index in [1.807, 2.05) is 19.9 Å². The molecule has 1 aromatic rings. The molecule has 3 rings (SSSR count). The second kappa shape index (κ2) is 8.73. The van der Waals surface area contributed by atoms with Crippen molar-refractivity contribution in [3.05, 3.63) is 47.7 Å². The molecular weight excluding hydrogens is 392 g/mol. The lowest BCUT2D eigenvalue weighted by molar-refractivity contribution is -0.139. The summed E-state index contributed by atoms with van der Waals surface area (Å²) < 4.78 is 16.4. The number of benzene rings is 1. The van der Waals surface area contributed by atoms with Gasteiger partial charge in [0.1, 0.15) is 6.61 Å². The number of rotatable bonds is 7. The fourth-order valence-electron chi connectivity index (χ4n) is 3.32. The van der Waals surface area contributed by atoms with E-state index in [1.54, 1.807) is 31.1 Å². The standard InChI is InChI=1S/C21H24N2O5S/c1-6-10-28-20(25)17-12(3)22-21-23(19(24)13(4)29-21)18(17)14-8-9-15(27-7-2)16(11-14)26-5/h6,8-9,11,13,18H,1,7,10H2,2-5H3. The number of methoxy groups -OCH3 is 1. The van der Waals surface area contributed by atoms with Crippen LogP contribution in [0.4, 0.5) is 0 Å². The van der Waals surface area contributed by atoms with E-state index < -0.39 is 12.0 Å². The summed E-state index contributed by atoms with van der Waals surface area (Å²) in [5.41, 5.74) is 1.56. The Bertz CT molecular complexity index is 908. The number of hydrogen-bond acceptors (Lipinski definition) is 7.